The lowest BCUT2D eigenvalue weighted by molar-refractivity contribution is -0.284. The Kier molecular flexibility index (Phi) is 3.66. The Balaban J connectivity index is 1.81. The molecule has 0 saturated carbocycles. The Labute approximate surface area is 101 Å². The van der Waals surface area contributed by atoms with E-state index in [-0.39, 0.29) is 0 Å². The van der Waals surface area contributed by atoms with E-state index in [1.165, 1.54) is 0 Å². The normalized spacial score (nSPS) is 29.2. The number of ether oxygens (including phenoxy) is 2. The maximum Gasteiger partial charge on any atom is 0.167 e. The molecule has 2 N–H and O–H groups in total. The Morgan fingerprint density at radius 2 is 2.29 bits per heavy atom. The minimum atomic E-state index is -0.607. The first-order chi connectivity index (χ1) is 8.09. The number of nitrogens with zero attached hydrogens (tertiary/aromatic N) is 2. The van der Waals surface area contributed by atoms with Gasteiger partial charge in [-0.25, -0.2) is 0 Å². The summed E-state index contributed by atoms with van der Waals surface area (Å²) in [5.41, 5.74) is 0. The van der Waals surface area contributed by atoms with Crippen molar-refractivity contribution in [2.75, 3.05) is 31.7 Å². The molecule has 96 valence electrons. The number of aliphatic hydroxyl groups excluding tert-OH is 1. The molecule has 1 aliphatic heterocycles. The number of aromatic amines is 1. The fourth-order valence-electron chi connectivity index (χ4n) is 1.73. The summed E-state index contributed by atoms with van der Waals surface area (Å²) < 4.78 is 11.0. The second-order valence-electron chi connectivity index (χ2n) is 4.51. The van der Waals surface area contributed by atoms with E-state index < -0.39 is 11.9 Å². The van der Waals surface area contributed by atoms with Crippen LogP contribution in [0.25, 0.3) is 0 Å². The monoisotopic (exact) mass is 241 g/mol. The lowest BCUT2D eigenvalue weighted by Gasteiger charge is -2.37. The van der Waals surface area contributed by atoms with E-state index >= 15 is 0 Å². The lowest BCUT2D eigenvalue weighted by atomic mass is 10.2. The third kappa shape index (κ3) is 3.18. The van der Waals surface area contributed by atoms with Gasteiger partial charge in [-0.15, -0.1) is 0 Å². The standard InChI is InChI=1S/C11H19N3O3/c1-11(16-7-9(15)8-17-11)4-6-14(2)10-3-5-12-13-10/h3,5,9,15H,4,6-8H2,1-2H3,(H,12,13)/t9-,11+. The van der Waals surface area contributed by atoms with E-state index in [4.69, 9.17) is 9.47 Å². The van der Waals surface area contributed by atoms with Crippen LogP contribution in [0.3, 0.4) is 0 Å². The summed E-state index contributed by atoms with van der Waals surface area (Å²) in [5.74, 6) is 0.286. The van der Waals surface area contributed by atoms with E-state index in [2.05, 4.69) is 10.2 Å². The average molecular weight is 241 g/mol. The third-order valence-corrected chi connectivity index (χ3v) is 2.94. The molecule has 1 aromatic heterocycles. The van der Waals surface area contributed by atoms with Crippen molar-refractivity contribution < 1.29 is 14.6 Å². The Morgan fingerprint density at radius 1 is 1.59 bits per heavy atom. The van der Waals surface area contributed by atoms with E-state index in [0.29, 0.717) is 13.2 Å². The molecule has 6 nitrogen and oxygen atoms in total. The summed E-state index contributed by atoms with van der Waals surface area (Å²) in [4.78, 5) is 2.03. The molecule has 0 unspecified atom stereocenters. The highest BCUT2D eigenvalue weighted by molar-refractivity contribution is 5.34. The number of H-pyrrole nitrogens is 1. The maximum atomic E-state index is 9.29. The number of hydrogen-bond acceptors (Lipinski definition) is 5. The van der Waals surface area contributed by atoms with Crippen molar-refractivity contribution in [3.05, 3.63) is 12.3 Å². The number of rotatable bonds is 4. The zero-order chi connectivity index (χ0) is 12.3. The Hall–Kier alpha value is -1.11. The van der Waals surface area contributed by atoms with Crippen molar-refractivity contribution in [2.45, 2.75) is 25.2 Å². The van der Waals surface area contributed by atoms with Gasteiger partial charge in [0.15, 0.2) is 5.79 Å². The van der Waals surface area contributed by atoms with Crippen molar-refractivity contribution >= 4 is 5.82 Å². The number of aromatic nitrogens is 2. The first-order valence-corrected chi connectivity index (χ1v) is 5.76. The van der Waals surface area contributed by atoms with E-state index in [1.807, 2.05) is 24.9 Å². The van der Waals surface area contributed by atoms with Gasteiger partial charge in [-0.1, -0.05) is 0 Å². The predicted molar refractivity (Wildman–Crippen MR) is 62.8 cm³/mol. The van der Waals surface area contributed by atoms with Crippen LogP contribution < -0.4 is 4.90 Å². The number of nitrogens with one attached hydrogen (secondary N) is 1. The Bertz CT molecular complexity index is 334. The zero-order valence-corrected chi connectivity index (χ0v) is 10.2. The van der Waals surface area contributed by atoms with Crippen LogP contribution in [-0.4, -0.2) is 54.0 Å². The second-order valence-corrected chi connectivity index (χ2v) is 4.51. The highest BCUT2D eigenvalue weighted by atomic mass is 16.7. The van der Waals surface area contributed by atoms with E-state index in [1.54, 1.807) is 6.20 Å². The van der Waals surface area contributed by atoms with Crippen molar-refractivity contribution in [1.29, 1.82) is 0 Å². The first kappa shape index (κ1) is 12.3. The topological polar surface area (TPSA) is 70.6 Å². The van der Waals surface area contributed by atoms with E-state index in [0.717, 1.165) is 18.8 Å². The van der Waals surface area contributed by atoms with Gasteiger partial charge in [0.05, 0.1) is 13.2 Å². The summed E-state index contributed by atoms with van der Waals surface area (Å²) in [6, 6.07) is 1.91. The molecule has 17 heavy (non-hydrogen) atoms. The van der Waals surface area contributed by atoms with Gasteiger partial charge in [0, 0.05) is 32.3 Å². The summed E-state index contributed by atoms with van der Waals surface area (Å²) in [6.45, 7) is 3.35. The van der Waals surface area contributed by atoms with Crippen LogP contribution >= 0.6 is 0 Å². The van der Waals surface area contributed by atoms with Crippen LogP contribution in [0.5, 0.6) is 0 Å². The molecule has 0 aliphatic carbocycles. The van der Waals surface area contributed by atoms with Gasteiger partial charge in [-0.2, -0.15) is 5.10 Å². The van der Waals surface area contributed by atoms with Crippen LogP contribution in [0.1, 0.15) is 13.3 Å². The zero-order valence-electron chi connectivity index (χ0n) is 10.2. The minimum absolute atomic E-state index is 0.336. The highest BCUT2D eigenvalue weighted by Crippen LogP contribution is 2.23. The molecule has 1 aromatic rings. The molecule has 6 heteroatoms. The average Bonchev–Trinajstić information content (AvgIpc) is 2.84. The van der Waals surface area contributed by atoms with Crippen LogP contribution in [-0.2, 0) is 9.47 Å². The molecule has 0 spiro atoms. The predicted octanol–water partition coefficient (Wildman–Crippen LogP) is 0.360. The molecule has 2 heterocycles. The fraction of sp³-hybridized carbons (Fsp3) is 0.727. The SMILES string of the molecule is CN(CC[C@]1(C)OC[C@H](O)CO1)c1cc[nH]n1. The van der Waals surface area contributed by atoms with Gasteiger partial charge in [-0.3, -0.25) is 5.10 Å². The van der Waals surface area contributed by atoms with Crippen LogP contribution in [0, 0.1) is 0 Å². The molecule has 0 aromatic carbocycles. The maximum absolute atomic E-state index is 9.29. The number of anilines is 1. The summed E-state index contributed by atoms with van der Waals surface area (Å²) in [5, 5.41) is 16.2. The van der Waals surface area contributed by atoms with Gasteiger partial charge in [0.1, 0.15) is 11.9 Å². The largest absolute Gasteiger partial charge is 0.388 e. The van der Waals surface area contributed by atoms with Crippen molar-refractivity contribution in [1.82, 2.24) is 10.2 Å². The first-order valence-electron chi connectivity index (χ1n) is 5.76. The highest BCUT2D eigenvalue weighted by Gasteiger charge is 2.32. The fourth-order valence-corrected chi connectivity index (χ4v) is 1.73. The third-order valence-electron chi connectivity index (χ3n) is 2.94. The van der Waals surface area contributed by atoms with Crippen LogP contribution in [0.4, 0.5) is 5.82 Å². The minimum Gasteiger partial charge on any atom is -0.388 e. The number of aliphatic hydroxyl groups is 1. The summed E-state index contributed by atoms with van der Waals surface area (Å²) >= 11 is 0. The molecule has 1 aliphatic rings. The van der Waals surface area contributed by atoms with Gasteiger partial charge < -0.3 is 19.5 Å². The van der Waals surface area contributed by atoms with Crippen LogP contribution in [0.15, 0.2) is 12.3 Å². The molecule has 0 amide bonds. The van der Waals surface area contributed by atoms with Crippen molar-refractivity contribution in [3.8, 4) is 0 Å². The second kappa shape index (κ2) is 5.03. The molecule has 1 fully saturated rings. The van der Waals surface area contributed by atoms with Crippen molar-refractivity contribution in [2.24, 2.45) is 0 Å². The smallest absolute Gasteiger partial charge is 0.167 e. The van der Waals surface area contributed by atoms with Crippen molar-refractivity contribution in [3.63, 3.8) is 0 Å². The molecular formula is C11H19N3O3. The number of hydrogen-bond donors (Lipinski definition) is 2. The molecule has 0 atom stereocenters. The molecular weight excluding hydrogens is 222 g/mol. The molecule has 1 saturated heterocycles. The van der Waals surface area contributed by atoms with Crippen LogP contribution in [0.2, 0.25) is 0 Å². The molecule has 0 radical (unpaired) electrons. The molecule has 2 rings (SSSR count). The lowest BCUT2D eigenvalue weighted by Crippen LogP contribution is -2.45. The Morgan fingerprint density at radius 3 is 2.88 bits per heavy atom. The van der Waals surface area contributed by atoms with Gasteiger partial charge in [0.25, 0.3) is 0 Å². The summed E-state index contributed by atoms with van der Waals surface area (Å²) in [7, 11) is 1.97. The van der Waals surface area contributed by atoms with Gasteiger partial charge in [-0.05, 0) is 6.92 Å². The molecule has 0 bridgehead atoms. The van der Waals surface area contributed by atoms with Gasteiger partial charge in [0.2, 0.25) is 0 Å². The quantitative estimate of drug-likeness (QED) is 0.796. The summed E-state index contributed by atoms with van der Waals surface area (Å²) in [6.07, 6.45) is 2.01. The van der Waals surface area contributed by atoms with E-state index in [9.17, 15) is 5.11 Å². The van der Waals surface area contributed by atoms with Gasteiger partial charge >= 0.3 is 0 Å².